The van der Waals surface area contributed by atoms with E-state index in [0.29, 0.717) is 151 Å². The lowest BCUT2D eigenvalue weighted by Crippen LogP contribution is -2.34. The van der Waals surface area contributed by atoms with Crippen molar-refractivity contribution in [2.75, 3.05) is 68.2 Å². The highest BCUT2D eigenvalue weighted by Crippen LogP contribution is 2.49. The molecule has 0 atom stereocenters. The first-order valence-corrected chi connectivity index (χ1v) is 20.2. The zero-order valence-electron chi connectivity index (χ0n) is 34.5. The first kappa shape index (κ1) is 39.1. The van der Waals surface area contributed by atoms with E-state index in [1.54, 1.807) is 57.7 Å². The fourth-order valence-electron chi connectivity index (χ4n) is 9.33. The van der Waals surface area contributed by atoms with Crippen molar-refractivity contribution >= 4 is 33.1 Å². The van der Waals surface area contributed by atoms with Gasteiger partial charge in [0, 0.05) is 59.2 Å². The number of hydrogen-bond donors (Lipinski definition) is 1. The molecule has 0 fully saturated rings. The zero-order valence-corrected chi connectivity index (χ0v) is 34.5. The Balaban J connectivity index is 0.966. The standard InChI is InChI=1S/C46H42N4O12/c1-55-31-13-23-29(19-33(31)57-3)45(53)49(41-25-15-35-37(61-21-59-35)17-27(25)43(51)39(23)41)10-5-8-48(12-7-47)9-6-11-50-42-26-16-36-38(62-22-60-36)18-28(26)44(52)40(42)24-14-32(56-2)34(58-4)20-30(24)46(50)54/h13-20H,5-12,21-22,47H2,1-4H3. The third kappa shape index (κ3) is 5.88. The molecule has 16 heteroatoms. The molecule has 4 heterocycles. The van der Waals surface area contributed by atoms with Gasteiger partial charge in [0.05, 0.1) is 61.7 Å². The van der Waals surface area contributed by atoms with E-state index in [9.17, 15) is 19.2 Å². The van der Waals surface area contributed by atoms with E-state index in [-0.39, 0.29) is 49.4 Å². The van der Waals surface area contributed by atoms with Crippen LogP contribution in [0.2, 0.25) is 0 Å². The summed E-state index contributed by atoms with van der Waals surface area (Å²) in [6.45, 7) is 2.68. The molecule has 4 aliphatic rings. The maximum atomic E-state index is 14.5. The predicted molar refractivity (Wildman–Crippen MR) is 227 cm³/mol. The minimum Gasteiger partial charge on any atom is -0.493 e. The predicted octanol–water partition coefficient (Wildman–Crippen LogP) is 4.97. The second-order valence-corrected chi connectivity index (χ2v) is 15.4. The van der Waals surface area contributed by atoms with Crippen molar-refractivity contribution in [3.63, 3.8) is 0 Å². The Bertz CT molecular complexity index is 2840. The van der Waals surface area contributed by atoms with Crippen LogP contribution < -0.4 is 54.7 Å². The molecule has 4 aromatic carbocycles. The van der Waals surface area contributed by atoms with Gasteiger partial charge in [0.25, 0.3) is 11.1 Å². The van der Waals surface area contributed by atoms with Crippen LogP contribution in [0.1, 0.15) is 44.7 Å². The van der Waals surface area contributed by atoms with Gasteiger partial charge in [-0.25, -0.2) is 0 Å². The van der Waals surface area contributed by atoms with Crippen LogP contribution in [0.25, 0.3) is 44.1 Å². The van der Waals surface area contributed by atoms with Gasteiger partial charge in [-0.1, -0.05) is 0 Å². The fourth-order valence-corrected chi connectivity index (χ4v) is 9.33. The summed E-state index contributed by atoms with van der Waals surface area (Å²) >= 11 is 0. The lowest BCUT2D eigenvalue weighted by molar-refractivity contribution is 0.103. The smallest absolute Gasteiger partial charge is 0.259 e. The number of ketones is 2. The summed E-state index contributed by atoms with van der Waals surface area (Å²) in [6.07, 6.45) is 1.06. The molecule has 10 rings (SSSR count). The molecule has 0 amide bonds. The lowest BCUT2D eigenvalue weighted by atomic mass is 10.0. The molecular formula is C46H42N4O12. The molecule has 62 heavy (non-hydrogen) atoms. The number of ether oxygens (including phenoxy) is 8. The Hall–Kier alpha value is -7.04. The summed E-state index contributed by atoms with van der Waals surface area (Å²) < 4.78 is 48.2. The summed E-state index contributed by atoms with van der Waals surface area (Å²) in [4.78, 5) is 59.6. The van der Waals surface area contributed by atoms with Crippen molar-refractivity contribution in [1.82, 2.24) is 14.0 Å². The highest BCUT2D eigenvalue weighted by molar-refractivity contribution is 6.28. The topological polar surface area (TPSA) is 181 Å². The minimum atomic E-state index is -0.278. The van der Waals surface area contributed by atoms with Crippen molar-refractivity contribution in [3.8, 4) is 68.5 Å². The fraction of sp³-hybridized carbons (Fsp3) is 0.304. The van der Waals surface area contributed by atoms with E-state index in [1.807, 2.05) is 0 Å². The number of pyridine rings is 2. The van der Waals surface area contributed by atoms with E-state index in [4.69, 9.17) is 43.6 Å². The first-order chi connectivity index (χ1) is 30.2. The third-order valence-electron chi connectivity index (χ3n) is 12.2. The van der Waals surface area contributed by atoms with Crippen LogP contribution >= 0.6 is 0 Å². The molecule has 2 aliphatic heterocycles. The summed E-state index contributed by atoms with van der Waals surface area (Å²) in [5.74, 6) is 3.02. The van der Waals surface area contributed by atoms with Gasteiger partial charge in [0.15, 0.2) is 57.6 Å². The van der Waals surface area contributed by atoms with Gasteiger partial charge in [-0.2, -0.15) is 0 Å². The Kier molecular flexibility index (Phi) is 9.56. The van der Waals surface area contributed by atoms with Gasteiger partial charge < -0.3 is 57.7 Å². The number of methoxy groups -OCH3 is 4. The van der Waals surface area contributed by atoms with Crippen molar-refractivity contribution in [3.05, 3.63) is 91.5 Å². The molecule has 6 aromatic rings. The summed E-state index contributed by atoms with van der Waals surface area (Å²) in [7, 11) is 6.00. The van der Waals surface area contributed by atoms with Gasteiger partial charge in [0.1, 0.15) is 0 Å². The highest BCUT2D eigenvalue weighted by Gasteiger charge is 2.37. The number of nitrogens with zero attached hydrogens (tertiary/aromatic N) is 3. The maximum absolute atomic E-state index is 14.5. The maximum Gasteiger partial charge on any atom is 0.259 e. The number of carbonyl (C=O) groups excluding carboxylic acids is 2. The molecular weight excluding hydrogens is 801 g/mol. The van der Waals surface area contributed by atoms with Crippen LogP contribution in [0.15, 0.2) is 58.1 Å². The SMILES string of the molecule is COc1cc2c3c(n(CCCN(CCN)CCCn4c5c(c6cc(OC)c(OC)cc6c4=O)C(=O)c4cc6c(cc4-5)OCO6)c(=O)c2cc1OC)-c1cc2c(cc1C3=O)OCO2. The Morgan fingerprint density at radius 1 is 0.516 bits per heavy atom. The van der Waals surface area contributed by atoms with Crippen molar-refractivity contribution < 1.29 is 47.5 Å². The highest BCUT2D eigenvalue weighted by atomic mass is 16.7. The summed E-state index contributed by atoms with van der Waals surface area (Å²) in [5, 5.41) is 1.59. The molecule has 2 N–H and O–H groups in total. The number of carbonyl (C=O) groups is 2. The zero-order chi connectivity index (χ0) is 43.0. The number of hydrogen-bond acceptors (Lipinski definition) is 14. The molecule has 0 bridgehead atoms. The van der Waals surface area contributed by atoms with Gasteiger partial charge in [0.2, 0.25) is 13.6 Å². The van der Waals surface area contributed by atoms with Crippen molar-refractivity contribution in [1.29, 1.82) is 0 Å². The van der Waals surface area contributed by atoms with E-state index in [0.717, 1.165) is 0 Å². The second-order valence-electron chi connectivity index (χ2n) is 15.4. The molecule has 0 radical (unpaired) electrons. The molecule has 16 nitrogen and oxygen atoms in total. The number of rotatable bonds is 14. The molecule has 0 saturated heterocycles. The van der Waals surface area contributed by atoms with Gasteiger partial charge >= 0.3 is 0 Å². The number of aromatic nitrogens is 2. The number of benzene rings is 4. The molecule has 0 spiro atoms. The first-order valence-electron chi connectivity index (χ1n) is 20.2. The lowest BCUT2D eigenvalue weighted by Gasteiger charge is -2.23. The Labute approximate surface area is 353 Å². The molecule has 2 aliphatic carbocycles. The monoisotopic (exact) mass is 842 g/mol. The number of nitrogens with two attached hydrogens (primary N) is 1. The van der Waals surface area contributed by atoms with Crippen LogP contribution in [0.5, 0.6) is 46.0 Å². The molecule has 318 valence electrons. The number of fused-ring (bicyclic) bond motifs is 12. The molecule has 0 saturated carbocycles. The van der Waals surface area contributed by atoms with Crippen LogP contribution in [-0.4, -0.2) is 93.8 Å². The second kappa shape index (κ2) is 15.1. The molecule has 0 unspecified atom stereocenters. The average molecular weight is 843 g/mol. The van der Waals surface area contributed by atoms with E-state index < -0.39 is 0 Å². The van der Waals surface area contributed by atoms with E-state index >= 15 is 0 Å². The summed E-state index contributed by atoms with van der Waals surface area (Å²) in [6, 6.07) is 13.5. The summed E-state index contributed by atoms with van der Waals surface area (Å²) in [5.41, 5.74) is 9.41. The van der Waals surface area contributed by atoms with E-state index in [2.05, 4.69) is 4.90 Å². The minimum absolute atomic E-state index is 0.0390. The van der Waals surface area contributed by atoms with Gasteiger partial charge in [-0.15, -0.1) is 0 Å². The normalized spacial score (nSPS) is 13.8. The van der Waals surface area contributed by atoms with Gasteiger partial charge in [-0.05, 0) is 74.5 Å². The Morgan fingerprint density at radius 3 is 1.23 bits per heavy atom. The Morgan fingerprint density at radius 2 is 0.871 bits per heavy atom. The average Bonchev–Trinajstić information content (AvgIpc) is 4.07. The van der Waals surface area contributed by atoms with Crippen LogP contribution in [0.4, 0.5) is 0 Å². The van der Waals surface area contributed by atoms with E-state index in [1.165, 1.54) is 28.4 Å². The van der Waals surface area contributed by atoms with Crippen LogP contribution in [0, 0.1) is 0 Å². The molecule has 2 aromatic heterocycles. The van der Waals surface area contributed by atoms with Crippen LogP contribution in [0.3, 0.4) is 0 Å². The quantitative estimate of drug-likeness (QED) is 0.155. The largest absolute Gasteiger partial charge is 0.493 e. The third-order valence-corrected chi connectivity index (χ3v) is 12.2. The van der Waals surface area contributed by atoms with Crippen molar-refractivity contribution in [2.24, 2.45) is 5.73 Å². The van der Waals surface area contributed by atoms with Crippen LogP contribution in [-0.2, 0) is 13.1 Å². The van der Waals surface area contributed by atoms with Gasteiger partial charge in [-0.3, -0.25) is 19.2 Å². The van der Waals surface area contributed by atoms with Crippen molar-refractivity contribution in [2.45, 2.75) is 25.9 Å².